The van der Waals surface area contributed by atoms with Crippen molar-refractivity contribution in [1.29, 1.82) is 0 Å². The van der Waals surface area contributed by atoms with Crippen LogP contribution in [-0.2, 0) is 7.05 Å². The van der Waals surface area contributed by atoms with Gasteiger partial charge < -0.3 is 5.73 Å². The number of benzene rings is 1. The Morgan fingerprint density at radius 1 is 1.23 bits per heavy atom. The van der Waals surface area contributed by atoms with Gasteiger partial charge >= 0.3 is 0 Å². The predicted molar refractivity (Wildman–Crippen MR) is 50.9 cm³/mol. The number of anilines is 1. The molecule has 0 bridgehead atoms. The molecule has 0 spiro atoms. The van der Waals surface area contributed by atoms with Crippen LogP contribution in [0.2, 0.25) is 0 Å². The summed E-state index contributed by atoms with van der Waals surface area (Å²) < 4.78 is 1.73. The largest absolute Gasteiger partial charge is 0.399 e. The summed E-state index contributed by atoms with van der Waals surface area (Å²) in [6.07, 6.45) is 1.73. The molecule has 0 radical (unpaired) electrons. The fourth-order valence-electron chi connectivity index (χ4n) is 1.20. The molecule has 0 saturated heterocycles. The van der Waals surface area contributed by atoms with Gasteiger partial charge in [-0.3, -0.25) is 0 Å². The van der Waals surface area contributed by atoms with Gasteiger partial charge in [-0.1, -0.05) is 17.3 Å². The first-order valence-electron chi connectivity index (χ1n) is 3.98. The Labute approximate surface area is 76.0 Å². The number of nitrogens with zero attached hydrogens (tertiary/aromatic N) is 3. The lowest BCUT2D eigenvalue weighted by molar-refractivity contribution is 0.720. The smallest absolute Gasteiger partial charge is 0.0882 e. The fraction of sp³-hybridized carbons (Fsp3) is 0.111. The zero-order chi connectivity index (χ0) is 9.26. The minimum absolute atomic E-state index is 0.763. The number of nitrogen functional groups attached to an aromatic ring is 1. The summed E-state index contributed by atoms with van der Waals surface area (Å²) in [5.74, 6) is 0. The Kier molecular flexibility index (Phi) is 1.73. The SMILES string of the molecule is Cn1nncc1-c1ccc(N)cc1. The molecule has 1 aromatic carbocycles. The van der Waals surface area contributed by atoms with Crippen molar-refractivity contribution >= 4 is 5.69 Å². The number of hydrogen-bond acceptors (Lipinski definition) is 3. The van der Waals surface area contributed by atoms with Gasteiger partial charge in [-0.25, -0.2) is 4.68 Å². The van der Waals surface area contributed by atoms with E-state index in [4.69, 9.17) is 5.73 Å². The van der Waals surface area contributed by atoms with Gasteiger partial charge in [-0.2, -0.15) is 0 Å². The molecular formula is C9H10N4. The number of aryl methyl sites for hydroxylation is 1. The van der Waals surface area contributed by atoms with E-state index >= 15 is 0 Å². The van der Waals surface area contributed by atoms with Crippen LogP contribution in [0.3, 0.4) is 0 Å². The molecule has 2 N–H and O–H groups in total. The van der Waals surface area contributed by atoms with Crippen LogP contribution in [-0.4, -0.2) is 15.0 Å². The van der Waals surface area contributed by atoms with Gasteiger partial charge in [0.05, 0.1) is 11.9 Å². The number of hydrogen-bond donors (Lipinski definition) is 1. The Hall–Kier alpha value is -1.84. The zero-order valence-corrected chi connectivity index (χ0v) is 7.31. The second-order valence-electron chi connectivity index (χ2n) is 2.86. The highest BCUT2D eigenvalue weighted by atomic mass is 15.4. The molecule has 0 aliphatic heterocycles. The molecule has 13 heavy (non-hydrogen) atoms. The Morgan fingerprint density at radius 2 is 1.92 bits per heavy atom. The Morgan fingerprint density at radius 3 is 2.46 bits per heavy atom. The summed E-state index contributed by atoms with van der Waals surface area (Å²) in [6, 6.07) is 7.63. The van der Waals surface area contributed by atoms with Gasteiger partial charge in [0.25, 0.3) is 0 Å². The first kappa shape index (κ1) is 7.79. The third kappa shape index (κ3) is 1.38. The summed E-state index contributed by atoms with van der Waals surface area (Å²) in [7, 11) is 1.86. The normalized spacial score (nSPS) is 10.2. The molecule has 0 saturated carbocycles. The lowest BCUT2D eigenvalue weighted by Crippen LogP contribution is -1.93. The molecule has 0 amide bonds. The van der Waals surface area contributed by atoms with Gasteiger partial charge in [0.2, 0.25) is 0 Å². The number of aromatic nitrogens is 3. The maximum absolute atomic E-state index is 5.58. The predicted octanol–water partition coefficient (Wildman–Crippen LogP) is 1.06. The highest BCUT2D eigenvalue weighted by molar-refractivity contribution is 5.61. The molecule has 2 rings (SSSR count). The van der Waals surface area contributed by atoms with Gasteiger partial charge in [0.15, 0.2) is 0 Å². The second-order valence-corrected chi connectivity index (χ2v) is 2.86. The minimum atomic E-state index is 0.763. The molecule has 0 aliphatic carbocycles. The maximum Gasteiger partial charge on any atom is 0.0882 e. The van der Waals surface area contributed by atoms with Crippen LogP contribution in [0.4, 0.5) is 5.69 Å². The van der Waals surface area contributed by atoms with Crippen molar-refractivity contribution in [2.45, 2.75) is 0 Å². The number of nitrogens with two attached hydrogens (primary N) is 1. The average molecular weight is 174 g/mol. The van der Waals surface area contributed by atoms with Crippen LogP contribution < -0.4 is 5.73 Å². The molecule has 0 aliphatic rings. The van der Waals surface area contributed by atoms with Gasteiger partial charge in [-0.15, -0.1) is 5.10 Å². The molecule has 1 aromatic heterocycles. The van der Waals surface area contributed by atoms with Crippen molar-refractivity contribution in [1.82, 2.24) is 15.0 Å². The highest BCUT2D eigenvalue weighted by Crippen LogP contribution is 2.17. The summed E-state index contributed by atoms with van der Waals surface area (Å²) in [5.41, 5.74) is 8.40. The van der Waals surface area contributed by atoms with E-state index in [1.807, 2.05) is 31.3 Å². The topological polar surface area (TPSA) is 56.7 Å². The van der Waals surface area contributed by atoms with Crippen LogP contribution in [0.1, 0.15) is 0 Å². The summed E-state index contributed by atoms with van der Waals surface area (Å²) >= 11 is 0. The molecule has 0 fully saturated rings. The van der Waals surface area contributed by atoms with Crippen LogP contribution in [0.15, 0.2) is 30.5 Å². The number of rotatable bonds is 1. The van der Waals surface area contributed by atoms with Crippen LogP contribution >= 0.6 is 0 Å². The zero-order valence-electron chi connectivity index (χ0n) is 7.31. The average Bonchev–Trinajstić information content (AvgIpc) is 2.53. The molecule has 1 heterocycles. The van der Waals surface area contributed by atoms with Crippen LogP contribution in [0, 0.1) is 0 Å². The van der Waals surface area contributed by atoms with E-state index in [0.29, 0.717) is 0 Å². The molecule has 0 atom stereocenters. The first-order chi connectivity index (χ1) is 6.27. The van der Waals surface area contributed by atoms with E-state index in [9.17, 15) is 0 Å². The van der Waals surface area contributed by atoms with E-state index in [2.05, 4.69) is 10.3 Å². The van der Waals surface area contributed by atoms with Crippen molar-refractivity contribution in [3.05, 3.63) is 30.5 Å². The third-order valence-corrected chi connectivity index (χ3v) is 1.92. The molecule has 4 heteroatoms. The summed E-state index contributed by atoms with van der Waals surface area (Å²) in [5, 5.41) is 7.65. The van der Waals surface area contributed by atoms with Crippen molar-refractivity contribution in [2.24, 2.45) is 7.05 Å². The quantitative estimate of drug-likeness (QED) is 0.658. The lowest BCUT2D eigenvalue weighted by atomic mass is 10.1. The van der Waals surface area contributed by atoms with E-state index in [-0.39, 0.29) is 0 Å². The molecule has 2 aromatic rings. The Bertz CT molecular complexity index is 402. The van der Waals surface area contributed by atoms with Gasteiger partial charge in [0.1, 0.15) is 0 Å². The summed E-state index contributed by atoms with van der Waals surface area (Å²) in [6.45, 7) is 0. The lowest BCUT2D eigenvalue weighted by Gasteiger charge is -2.00. The van der Waals surface area contributed by atoms with Crippen molar-refractivity contribution < 1.29 is 0 Å². The van der Waals surface area contributed by atoms with Crippen molar-refractivity contribution in [2.75, 3.05) is 5.73 Å². The molecular weight excluding hydrogens is 164 g/mol. The van der Waals surface area contributed by atoms with Gasteiger partial charge in [0, 0.05) is 18.3 Å². The van der Waals surface area contributed by atoms with Crippen LogP contribution in [0.5, 0.6) is 0 Å². The second kappa shape index (κ2) is 2.90. The van der Waals surface area contributed by atoms with Gasteiger partial charge in [-0.05, 0) is 12.1 Å². The van der Waals surface area contributed by atoms with Crippen molar-refractivity contribution in [3.8, 4) is 11.3 Å². The fourth-order valence-corrected chi connectivity index (χ4v) is 1.20. The standard InChI is InChI=1S/C9H10N4/c1-13-9(6-11-12-13)7-2-4-8(10)5-3-7/h2-6H,10H2,1H3. The third-order valence-electron chi connectivity index (χ3n) is 1.92. The molecule has 0 unspecified atom stereocenters. The Balaban J connectivity index is 2.47. The summed E-state index contributed by atoms with van der Waals surface area (Å²) in [4.78, 5) is 0. The van der Waals surface area contributed by atoms with Crippen molar-refractivity contribution in [3.63, 3.8) is 0 Å². The molecule has 66 valence electrons. The highest BCUT2D eigenvalue weighted by Gasteiger charge is 2.01. The van der Waals surface area contributed by atoms with E-state index in [1.165, 1.54) is 0 Å². The van der Waals surface area contributed by atoms with E-state index in [1.54, 1.807) is 10.9 Å². The maximum atomic E-state index is 5.58. The first-order valence-corrected chi connectivity index (χ1v) is 3.98. The minimum Gasteiger partial charge on any atom is -0.399 e. The van der Waals surface area contributed by atoms with E-state index in [0.717, 1.165) is 16.9 Å². The molecule has 4 nitrogen and oxygen atoms in total. The van der Waals surface area contributed by atoms with Crippen LogP contribution in [0.25, 0.3) is 11.3 Å². The van der Waals surface area contributed by atoms with E-state index < -0.39 is 0 Å². The monoisotopic (exact) mass is 174 g/mol.